The maximum Gasteiger partial charge on any atom is 0.202 e. The Hall–Kier alpha value is -0.350. The molecule has 0 aromatic carbocycles. The highest BCUT2D eigenvalue weighted by Gasteiger charge is 2.10. The largest absolute Gasteiger partial charge is 0.359 e. The van der Waals surface area contributed by atoms with E-state index in [9.17, 15) is 0 Å². The van der Waals surface area contributed by atoms with Crippen LogP contribution in [-0.4, -0.2) is 21.3 Å². The molecule has 1 heterocycles. The zero-order valence-corrected chi connectivity index (χ0v) is 11.0. The molecule has 0 saturated heterocycles. The van der Waals surface area contributed by atoms with Crippen LogP contribution < -0.4 is 5.32 Å². The summed E-state index contributed by atoms with van der Waals surface area (Å²) in [5.74, 6) is 1.41. The average Bonchev–Trinajstić information content (AvgIpc) is 2.62. The fourth-order valence-electron chi connectivity index (χ4n) is 1.07. The number of nitrogens with one attached hydrogen (secondary N) is 1. The third kappa shape index (κ3) is 4.34. The Balaban J connectivity index is 2.37. The van der Waals surface area contributed by atoms with Gasteiger partial charge in [-0.1, -0.05) is 20.8 Å². The van der Waals surface area contributed by atoms with Crippen LogP contribution in [0.4, 0.5) is 5.13 Å². The first kappa shape index (κ1) is 12.7. The molecule has 1 aromatic heterocycles. The highest BCUT2D eigenvalue weighted by atomic mass is 35.5. The van der Waals surface area contributed by atoms with Gasteiger partial charge >= 0.3 is 0 Å². The van der Waals surface area contributed by atoms with E-state index < -0.39 is 0 Å². The lowest BCUT2D eigenvalue weighted by molar-refractivity contribution is 0.616. The van der Waals surface area contributed by atoms with Gasteiger partial charge in [-0.25, -0.2) is 4.98 Å². The molecule has 1 aromatic rings. The lowest BCUT2D eigenvalue weighted by Gasteiger charge is -2.12. The molecule has 0 bridgehead atoms. The minimum Gasteiger partial charge on any atom is -0.359 e. The summed E-state index contributed by atoms with van der Waals surface area (Å²) in [5.41, 5.74) is 0. The van der Waals surface area contributed by atoms with Crippen molar-refractivity contribution >= 4 is 28.3 Å². The predicted molar refractivity (Wildman–Crippen MR) is 66.9 cm³/mol. The summed E-state index contributed by atoms with van der Waals surface area (Å²) in [6, 6.07) is 0. The van der Waals surface area contributed by atoms with E-state index in [-0.39, 0.29) is 5.38 Å². The van der Waals surface area contributed by atoms with Gasteiger partial charge in [0.15, 0.2) is 0 Å². The molecule has 0 radical (unpaired) electrons. The maximum atomic E-state index is 6.13. The minimum atomic E-state index is 0.142. The van der Waals surface area contributed by atoms with Crippen molar-refractivity contribution in [3.8, 4) is 0 Å². The number of aromatic nitrogens is 2. The smallest absolute Gasteiger partial charge is 0.202 e. The second-order valence-corrected chi connectivity index (χ2v) is 5.22. The quantitative estimate of drug-likeness (QED) is 0.785. The van der Waals surface area contributed by atoms with Crippen LogP contribution in [0.3, 0.4) is 0 Å². The van der Waals surface area contributed by atoms with Gasteiger partial charge in [-0.15, -0.1) is 11.6 Å². The molecule has 0 saturated carbocycles. The van der Waals surface area contributed by atoms with E-state index >= 15 is 0 Å². The molecule has 0 aliphatic rings. The number of alkyl halides is 1. The Morgan fingerprint density at radius 1 is 1.47 bits per heavy atom. The van der Waals surface area contributed by atoms with Crippen LogP contribution in [0.2, 0.25) is 0 Å². The van der Waals surface area contributed by atoms with Gasteiger partial charge in [0.05, 0.1) is 5.38 Å². The molecular formula is C10H18ClN3S. The fraction of sp³-hybridized carbons (Fsp3) is 0.800. The predicted octanol–water partition coefficient (Wildman–Crippen LogP) is 3.17. The van der Waals surface area contributed by atoms with Crippen LogP contribution in [0, 0.1) is 5.92 Å². The standard InChI is InChI=1S/C10H18ClN3S/c1-4-5-9-13-10(15-14-9)12-6-8(11)7(2)3/h7-8H,4-6H2,1-3H3,(H,12,13,14). The molecule has 0 aliphatic carbocycles. The van der Waals surface area contributed by atoms with Crippen molar-refractivity contribution < 1.29 is 0 Å². The Morgan fingerprint density at radius 2 is 2.20 bits per heavy atom. The molecule has 0 aliphatic heterocycles. The highest BCUT2D eigenvalue weighted by molar-refractivity contribution is 7.09. The van der Waals surface area contributed by atoms with E-state index in [1.165, 1.54) is 11.5 Å². The molecule has 86 valence electrons. The maximum absolute atomic E-state index is 6.13. The zero-order valence-electron chi connectivity index (χ0n) is 9.46. The second-order valence-electron chi connectivity index (χ2n) is 3.91. The first-order chi connectivity index (χ1) is 7.13. The van der Waals surface area contributed by atoms with E-state index in [4.69, 9.17) is 11.6 Å². The van der Waals surface area contributed by atoms with Crippen molar-refractivity contribution in [1.29, 1.82) is 0 Å². The summed E-state index contributed by atoms with van der Waals surface area (Å²) >= 11 is 7.54. The van der Waals surface area contributed by atoms with Gasteiger partial charge in [0, 0.05) is 24.5 Å². The fourth-order valence-corrected chi connectivity index (χ4v) is 1.77. The van der Waals surface area contributed by atoms with Gasteiger partial charge in [-0.05, 0) is 12.3 Å². The molecule has 3 nitrogen and oxygen atoms in total. The molecular weight excluding hydrogens is 230 g/mol. The Labute approximate surface area is 100 Å². The lowest BCUT2D eigenvalue weighted by Crippen LogP contribution is -2.19. The van der Waals surface area contributed by atoms with Gasteiger partial charge in [-0.2, -0.15) is 4.37 Å². The van der Waals surface area contributed by atoms with Crippen molar-refractivity contribution in [3.05, 3.63) is 5.82 Å². The van der Waals surface area contributed by atoms with Crippen molar-refractivity contribution in [2.75, 3.05) is 11.9 Å². The van der Waals surface area contributed by atoms with Crippen molar-refractivity contribution in [3.63, 3.8) is 0 Å². The molecule has 1 N–H and O–H groups in total. The summed E-state index contributed by atoms with van der Waals surface area (Å²) < 4.78 is 4.25. The third-order valence-corrected chi connectivity index (χ3v) is 3.48. The zero-order chi connectivity index (χ0) is 11.3. The molecule has 0 amide bonds. The summed E-state index contributed by atoms with van der Waals surface area (Å²) in [7, 11) is 0. The van der Waals surface area contributed by atoms with Crippen LogP contribution >= 0.6 is 23.1 Å². The van der Waals surface area contributed by atoms with Crippen LogP contribution in [0.25, 0.3) is 0 Å². The summed E-state index contributed by atoms with van der Waals surface area (Å²) in [6.45, 7) is 7.10. The van der Waals surface area contributed by atoms with Crippen molar-refractivity contribution in [2.24, 2.45) is 5.92 Å². The molecule has 1 unspecified atom stereocenters. The second kappa shape index (κ2) is 6.28. The summed E-state index contributed by atoms with van der Waals surface area (Å²) in [4.78, 5) is 4.37. The number of hydrogen-bond acceptors (Lipinski definition) is 4. The van der Waals surface area contributed by atoms with E-state index in [1.807, 2.05) is 0 Å². The van der Waals surface area contributed by atoms with Gasteiger partial charge in [0.1, 0.15) is 5.82 Å². The monoisotopic (exact) mass is 247 g/mol. The Kier molecular flexibility index (Phi) is 5.32. The number of anilines is 1. The van der Waals surface area contributed by atoms with E-state index in [0.717, 1.165) is 30.3 Å². The van der Waals surface area contributed by atoms with Crippen LogP contribution in [0.5, 0.6) is 0 Å². The topological polar surface area (TPSA) is 37.8 Å². The number of hydrogen-bond donors (Lipinski definition) is 1. The number of nitrogens with zero attached hydrogens (tertiary/aromatic N) is 2. The van der Waals surface area contributed by atoms with E-state index in [1.54, 1.807) is 0 Å². The molecule has 15 heavy (non-hydrogen) atoms. The minimum absolute atomic E-state index is 0.142. The lowest BCUT2D eigenvalue weighted by atomic mass is 10.1. The van der Waals surface area contributed by atoms with Gasteiger partial charge < -0.3 is 5.32 Å². The van der Waals surface area contributed by atoms with Crippen LogP contribution in [0.1, 0.15) is 33.0 Å². The molecule has 0 spiro atoms. The Morgan fingerprint density at radius 3 is 2.80 bits per heavy atom. The molecule has 1 atom stereocenters. The first-order valence-electron chi connectivity index (χ1n) is 5.34. The number of aryl methyl sites for hydroxylation is 1. The summed E-state index contributed by atoms with van der Waals surface area (Å²) in [5, 5.41) is 4.24. The van der Waals surface area contributed by atoms with E-state index in [2.05, 4.69) is 35.4 Å². The highest BCUT2D eigenvalue weighted by Crippen LogP contribution is 2.15. The molecule has 1 rings (SSSR count). The Bertz CT molecular complexity index is 288. The third-order valence-electron chi connectivity index (χ3n) is 2.11. The average molecular weight is 248 g/mol. The van der Waals surface area contributed by atoms with Crippen molar-refractivity contribution in [1.82, 2.24) is 9.36 Å². The normalized spacial score (nSPS) is 13.1. The number of halogens is 1. The van der Waals surface area contributed by atoms with Gasteiger partial charge in [0.2, 0.25) is 5.13 Å². The number of rotatable bonds is 6. The van der Waals surface area contributed by atoms with Crippen molar-refractivity contribution in [2.45, 2.75) is 39.0 Å². The van der Waals surface area contributed by atoms with Crippen LogP contribution in [0.15, 0.2) is 0 Å². The van der Waals surface area contributed by atoms with Crippen LogP contribution in [-0.2, 0) is 6.42 Å². The molecule has 0 fully saturated rings. The first-order valence-corrected chi connectivity index (χ1v) is 6.55. The molecule has 5 heteroatoms. The van der Waals surface area contributed by atoms with Gasteiger partial charge in [0.25, 0.3) is 0 Å². The van der Waals surface area contributed by atoms with Gasteiger partial charge in [-0.3, -0.25) is 0 Å². The SMILES string of the molecule is CCCc1nsc(NCC(Cl)C(C)C)n1. The summed E-state index contributed by atoms with van der Waals surface area (Å²) in [6.07, 6.45) is 2.03. The van der Waals surface area contributed by atoms with E-state index in [0.29, 0.717) is 5.92 Å².